The quantitative estimate of drug-likeness (QED) is 0.810. The number of amides is 2. The maximum absolute atomic E-state index is 12.6. The highest BCUT2D eigenvalue weighted by molar-refractivity contribution is 5.74. The molecule has 0 spiro atoms. The second kappa shape index (κ2) is 5.70. The Labute approximate surface area is 101 Å². The van der Waals surface area contributed by atoms with E-state index in [1.54, 1.807) is 12.2 Å². The summed E-state index contributed by atoms with van der Waals surface area (Å²) in [6.07, 6.45) is -4.45. The summed E-state index contributed by atoms with van der Waals surface area (Å²) in [4.78, 5) is 11.1. The van der Waals surface area contributed by atoms with E-state index in [1.807, 2.05) is 0 Å². The topological polar surface area (TPSA) is 41.1 Å². The predicted molar refractivity (Wildman–Crippen MR) is 57.4 cm³/mol. The summed E-state index contributed by atoms with van der Waals surface area (Å²) < 4.78 is 48.1. The lowest BCUT2D eigenvalue weighted by Crippen LogP contribution is -2.41. The summed E-state index contributed by atoms with van der Waals surface area (Å²) in [5.41, 5.74) is 0.596. The Morgan fingerprint density at radius 1 is 1.28 bits per heavy atom. The molecule has 0 bridgehead atoms. The van der Waals surface area contributed by atoms with E-state index in [9.17, 15) is 22.4 Å². The normalized spacial score (nSPS) is 12.9. The molecule has 0 radical (unpaired) electrons. The molecule has 0 aliphatic heterocycles. The molecule has 0 heterocycles. The highest BCUT2D eigenvalue weighted by atomic mass is 19.4. The average Bonchev–Trinajstić information content (AvgIpc) is 2.26. The van der Waals surface area contributed by atoms with Gasteiger partial charge in [-0.25, -0.2) is 9.18 Å². The molecule has 2 amide bonds. The average molecular weight is 264 g/mol. The first-order chi connectivity index (χ1) is 8.28. The highest BCUT2D eigenvalue weighted by Gasteiger charge is 2.27. The maximum Gasteiger partial charge on any atom is 0.405 e. The second-order valence-electron chi connectivity index (χ2n) is 3.72. The fourth-order valence-corrected chi connectivity index (χ4v) is 1.26. The van der Waals surface area contributed by atoms with Gasteiger partial charge < -0.3 is 10.6 Å². The van der Waals surface area contributed by atoms with Crippen LogP contribution in [0.3, 0.4) is 0 Å². The van der Waals surface area contributed by atoms with Crippen LogP contribution in [0.1, 0.15) is 18.5 Å². The molecule has 2 N–H and O–H groups in total. The van der Waals surface area contributed by atoms with Gasteiger partial charge >= 0.3 is 12.2 Å². The van der Waals surface area contributed by atoms with E-state index in [0.29, 0.717) is 5.56 Å². The Hall–Kier alpha value is -1.79. The number of hydrogen-bond donors (Lipinski definition) is 2. The maximum atomic E-state index is 12.6. The minimum atomic E-state index is -4.45. The molecule has 0 aromatic heterocycles. The van der Waals surface area contributed by atoms with Crippen LogP contribution in [-0.4, -0.2) is 18.8 Å². The minimum absolute atomic E-state index is 0.424. The molecule has 1 unspecified atom stereocenters. The van der Waals surface area contributed by atoms with Crippen LogP contribution in [0.5, 0.6) is 0 Å². The van der Waals surface area contributed by atoms with Crippen molar-refractivity contribution in [2.45, 2.75) is 19.1 Å². The third kappa shape index (κ3) is 5.03. The third-order valence-electron chi connectivity index (χ3n) is 2.17. The van der Waals surface area contributed by atoms with E-state index in [1.165, 1.54) is 24.3 Å². The molecule has 1 rings (SSSR count). The number of urea groups is 1. The van der Waals surface area contributed by atoms with E-state index >= 15 is 0 Å². The first-order valence-electron chi connectivity index (χ1n) is 5.14. The number of halogens is 4. The van der Waals surface area contributed by atoms with Gasteiger partial charge in [0, 0.05) is 0 Å². The van der Waals surface area contributed by atoms with E-state index in [0.717, 1.165) is 0 Å². The molecular formula is C11H12F4N2O. The molecule has 1 atom stereocenters. The molecule has 0 saturated heterocycles. The molecule has 0 aliphatic rings. The van der Waals surface area contributed by atoms with Crippen molar-refractivity contribution >= 4 is 6.03 Å². The van der Waals surface area contributed by atoms with Crippen LogP contribution in [0.15, 0.2) is 24.3 Å². The number of rotatable bonds is 3. The summed E-state index contributed by atoms with van der Waals surface area (Å²) in [5, 5.41) is 4.00. The van der Waals surface area contributed by atoms with Gasteiger partial charge in [-0.2, -0.15) is 13.2 Å². The molecule has 7 heteroatoms. The van der Waals surface area contributed by atoms with Crippen LogP contribution in [0.4, 0.5) is 22.4 Å². The number of nitrogens with one attached hydrogen (secondary N) is 2. The number of carbonyl (C=O) groups is 1. The van der Waals surface area contributed by atoms with Gasteiger partial charge in [0.05, 0.1) is 6.04 Å². The Morgan fingerprint density at radius 2 is 1.83 bits per heavy atom. The van der Waals surface area contributed by atoms with Gasteiger partial charge in [0.25, 0.3) is 0 Å². The lowest BCUT2D eigenvalue weighted by atomic mass is 10.1. The number of carbonyl (C=O) groups excluding carboxylic acids is 1. The highest BCUT2D eigenvalue weighted by Crippen LogP contribution is 2.14. The zero-order valence-electron chi connectivity index (χ0n) is 9.51. The van der Waals surface area contributed by atoms with Gasteiger partial charge in [-0.3, -0.25) is 0 Å². The van der Waals surface area contributed by atoms with Crippen molar-refractivity contribution < 1.29 is 22.4 Å². The third-order valence-corrected chi connectivity index (χ3v) is 2.17. The summed E-state index contributed by atoms with van der Waals surface area (Å²) in [7, 11) is 0. The number of hydrogen-bond acceptors (Lipinski definition) is 1. The first kappa shape index (κ1) is 14.3. The van der Waals surface area contributed by atoms with Gasteiger partial charge in [0.2, 0.25) is 0 Å². The Bertz CT molecular complexity index is 402. The summed E-state index contributed by atoms with van der Waals surface area (Å²) in [6, 6.07) is 3.87. The van der Waals surface area contributed by atoms with Gasteiger partial charge in [0.15, 0.2) is 0 Å². The van der Waals surface area contributed by atoms with Crippen LogP contribution in [0.2, 0.25) is 0 Å². The van der Waals surface area contributed by atoms with Crippen molar-refractivity contribution in [1.29, 1.82) is 0 Å². The molecule has 3 nitrogen and oxygen atoms in total. The standard InChI is InChI=1S/C11H12F4N2O/c1-7(8-2-4-9(12)5-3-8)17-10(18)16-6-11(13,14)15/h2-5,7H,6H2,1H3,(H2,16,17,18). The van der Waals surface area contributed by atoms with Crippen molar-refractivity contribution in [3.63, 3.8) is 0 Å². The largest absolute Gasteiger partial charge is 0.405 e. The number of benzene rings is 1. The van der Waals surface area contributed by atoms with E-state index in [-0.39, 0.29) is 0 Å². The van der Waals surface area contributed by atoms with Gasteiger partial charge in [-0.1, -0.05) is 12.1 Å². The smallest absolute Gasteiger partial charge is 0.332 e. The van der Waals surface area contributed by atoms with E-state index in [2.05, 4.69) is 5.32 Å². The van der Waals surface area contributed by atoms with Crippen molar-refractivity contribution in [2.24, 2.45) is 0 Å². The van der Waals surface area contributed by atoms with Crippen molar-refractivity contribution in [3.05, 3.63) is 35.6 Å². The molecular weight excluding hydrogens is 252 g/mol. The monoisotopic (exact) mass is 264 g/mol. The predicted octanol–water partition coefficient (Wildman–Crippen LogP) is 2.75. The minimum Gasteiger partial charge on any atom is -0.332 e. The zero-order chi connectivity index (χ0) is 13.8. The molecule has 1 aromatic carbocycles. The molecule has 1 aromatic rings. The summed E-state index contributed by atoms with van der Waals surface area (Å²) in [5.74, 6) is -0.424. The fourth-order valence-electron chi connectivity index (χ4n) is 1.26. The fraction of sp³-hybridized carbons (Fsp3) is 0.364. The Morgan fingerprint density at radius 3 is 2.33 bits per heavy atom. The van der Waals surface area contributed by atoms with Gasteiger partial charge in [-0.05, 0) is 24.6 Å². The van der Waals surface area contributed by atoms with Crippen LogP contribution < -0.4 is 10.6 Å². The molecule has 0 aliphatic carbocycles. The van der Waals surface area contributed by atoms with E-state index in [4.69, 9.17) is 0 Å². The first-order valence-corrected chi connectivity index (χ1v) is 5.14. The van der Waals surface area contributed by atoms with E-state index < -0.39 is 30.6 Å². The summed E-state index contributed by atoms with van der Waals surface area (Å²) >= 11 is 0. The van der Waals surface area contributed by atoms with Crippen molar-refractivity contribution in [1.82, 2.24) is 10.6 Å². The second-order valence-corrected chi connectivity index (χ2v) is 3.72. The van der Waals surface area contributed by atoms with Gasteiger partial charge in [-0.15, -0.1) is 0 Å². The zero-order valence-corrected chi connectivity index (χ0v) is 9.51. The Balaban J connectivity index is 2.47. The van der Waals surface area contributed by atoms with Crippen LogP contribution in [0.25, 0.3) is 0 Å². The van der Waals surface area contributed by atoms with Crippen molar-refractivity contribution in [2.75, 3.05) is 6.54 Å². The molecule has 0 fully saturated rings. The number of alkyl halides is 3. The molecule has 100 valence electrons. The van der Waals surface area contributed by atoms with Crippen molar-refractivity contribution in [3.8, 4) is 0 Å². The van der Waals surface area contributed by atoms with Crippen LogP contribution >= 0.6 is 0 Å². The van der Waals surface area contributed by atoms with Gasteiger partial charge in [0.1, 0.15) is 12.4 Å². The lowest BCUT2D eigenvalue weighted by Gasteiger charge is -2.15. The summed E-state index contributed by atoms with van der Waals surface area (Å²) in [6.45, 7) is 0.190. The van der Waals surface area contributed by atoms with Crippen LogP contribution in [0, 0.1) is 5.82 Å². The molecule has 0 saturated carbocycles. The lowest BCUT2D eigenvalue weighted by molar-refractivity contribution is -0.122. The Kier molecular flexibility index (Phi) is 4.52. The molecule has 18 heavy (non-hydrogen) atoms. The SMILES string of the molecule is CC(NC(=O)NCC(F)(F)F)c1ccc(F)cc1. The van der Waals surface area contributed by atoms with Crippen LogP contribution in [-0.2, 0) is 0 Å².